The number of nitrogens with zero attached hydrogens (tertiary/aromatic N) is 1. The van der Waals surface area contributed by atoms with E-state index in [4.69, 9.17) is 0 Å². The smallest absolute Gasteiger partial charge is 0.254 e. The first-order valence-corrected chi connectivity index (χ1v) is 5.31. The van der Waals surface area contributed by atoms with Crippen LogP contribution in [0.5, 0.6) is 0 Å². The van der Waals surface area contributed by atoms with Crippen LogP contribution in [0.2, 0.25) is 0 Å². The van der Waals surface area contributed by atoms with E-state index in [1.165, 1.54) is 0 Å². The standard InChI is InChI=1S/C7H13NO2S/c1-7(2,3)11(10)5-4-6(9)8-11/h4-5H2,1-3H3. The summed E-state index contributed by atoms with van der Waals surface area (Å²) in [4.78, 5) is 10.8. The van der Waals surface area contributed by atoms with Gasteiger partial charge in [-0.3, -0.25) is 4.79 Å². The monoisotopic (exact) mass is 175 g/mol. The van der Waals surface area contributed by atoms with Gasteiger partial charge in [0.25, 0.3) is 5.91 Å². The lowest BCUT2D eigenvalue weighted by molar-refractivity contribution is -0.116. The molecule has 0 N–H and O–H groups in total. The van der Waals surface area contributed by atoms with Gasteiger partial charge in [0.05, 0.1) is 9.73 Å². The molecule has 1 unspecified atom stereocenters. The Hall–Kier alpha value is -0.380. The molecule has 1 aliphatic heterocycles. The lowest BCUT2D eigenvalue weighted by atomic mass is 10.3. The van der Waals surface area contributed by atoms with Gasteiger partial charge in [-0.15, -0.1) is 0 Å². The molecule has 1 aliphatic rings. The van der Waals surface area contributed by atoms with Crippen LogP contribution in [0.1, 0.15) is 27.2 Å². The molecule has 0 fully saturated rings. The fourth-order valence-corrected chi connectivity index (χ4v) is 2.77. The first-order chi connectivity index (χ1) is 4.85. The SMILES string of the molecule is CC(C)(C)S1(=O)=NC(=O)CC1. The van der Waals surface area contributed by atoms with E-state index in [-0.39, 0.29) is 10.7 Å². The number of amides is 1. The molecule has 0 saturated carbocycles. The number of hydrogen-bond donors (Lipinski definition) is 0. The zero-order chi connectivity index (χ0) is 8.70. The Morgan fingerprint density at radius 3 is 2.18 bits per heavy atom. The molecule has 1 atom stereocenters. The minimum atomic E-state index is -2.24. The normalized spacial score (nSPS) is 32.1. The Morgan fingerprint density at radius 1 is 1.45 bits per heavy atom. The van der Waals surface area contributed by atoms with Gasteiger partial charge in [0, 0.05) is 16.9 Å². The van der Waals surface area contributed by atoms with Gasteiger partial charge in [-0.05, 0) is 20.8 Å². The Labute approximate surface area is 67.4 Å². The van der Waals surface area contributed by atoms with Crippen LogP contribution in [0.25, 0.3) is 0 Å². The van der Waals surface area contributed by atoms with Crippen molar-refractivity contribution in [2.24, 2.45) is 4.36 Å². The average Bonchev–Trinajstić information content (AvgIpc) is 2.10. The highest BCUT2D eigenvalue weighted by molar-refractivity contribution is 7.95. The summed E-state index contributed by atoms with van der Waals surface area (Å²) in [7, 11) is -2.24. The van der Waals surface area contributed by atoms with Crippen molar-refractivity contribution in [3.05, 3.63) is 0 Å². The number of hydrogen-bond acceptors (Lipinski definition) is 2. The zero-order valence-corrected chi connectivity index (χ0v) is 7.90. The average molecular weight is 175 g/mol. The summed E-state index contributed by atoms with van der Waals surface area (Å²) in [5.41, 5.74) is 0. The predicted octanol–water partition coefficient (Wildman–Crippen LogP) is 1.18. The van der Waals surface area contributed by atoms with Gasteiger partial charge in [0.1, 0.15) is 0 Å². The molecule has 1 amide bonds. The Morgan fingerprint density at radius 2 is 2.00 bits per heavy atom. The first-order valence-electron chi connectivity index (χ1n) is 3.62. The van der Waals surface area contributed by atoms with Crippen molar-refractivity contribution >= 4 is 15.6 Å². The van der Waals surface area contributed by atoms with E-state index in [1.54, 1.807) is 0 Å². The molecule has 1 heterocycles. The van der Waals surface area contributed by atoms with Crippen molar-refractivity contribution in [2.75, 3.05) is 5.75 Å². The van der Waals surface area contributed by atoms with Crippen molar-refractivity contribution in [3.63, 3.8) is 0 Å². The fourth-order valence-electron chi connectivity index (χ4n) is 0.925. The second-order valence-corrected chi connectivity index (χ2v) is 6.79. The van der Waals surface area contributed by atoms with E-state index in [1.807, 2.05) is 20.8 Å². The van der Waals surface area contributed by atoms with Gasteiger partial charge in [-0.2, -0.15) is 4.36 Å². The predicted molar refractivity (Wildman–Crippen MR) is 44.8 cm³/mol. The summed E-state index contributed by atoms with van der Waals surface area (Å²) in [5, 5.41) is 0. The summed E-state index contributed by atoms with van der Waals surface area (Å²) in [6.07, 6.45) is 0.357. The third-order valence-electron chi connectivity index (χ3n) is 1.80. The Balaban J connectivity index is 3.13. The van der Waals surface area contributed by atoms with E-state index < -0.39 is 9.73 Å². The third-order valence-corrected chi connectivity index (χ3v) is 4.97. The number of carbonyl (C=O) groups excluding carboxylic acids is 1. The maximum Gasteiger partial charge on any atom is 0.254 e. The second kappa shape index (κ2) is 2.30. The molecule has 0 aromatic rings. The van der Waals surface area contributed by atoms with E-state index in [0.29, 0.717) is 12.2 Å². The van der Waals surface area contributed by atoms with E-state index in [9.17, 15) is 9.00 Å². The van der Waals surface area contributed by atoms with Gasteiger partial charge in [-0.1, -0.05) is 0 Å². The summed E-state index contributed by atoms with van der Waals surface area (Å²) >= 11 is 0. The summed E-state index contributed by atoms with van der Waals surface area (Å²) in [6.45, 7) is 5.58. The van der Waals surface area contributed by atoms with Crippen molar-refractivity contribution < 1.29 is 9.00 Å². The Kier molecular flexibility index (Phi) is 1.82. The minimum absolute atomic E-state index is 0.204. The molecule has 0 aliphatic carbocycles. The molecule has 1 rings (SSSR count). The van der Waals surface area contributed by atoms with Crippen LogP contribution in [0.3, 0.4) is 0 Å². The largest absolute Gasteiger partial charge is 0.272 e. The lowest BCUT2D eigenvalue weighted by Gasteiger charge is -2.19. The summed E-state index contributed by atoms with van der Waals surface area (Å²) in [5.74, 6) is 0.236. The lowest BCUT2D eigenvalue weighted by Crippen LogP contribution is -2.27. The third kappa shape index (κ3) is 1.45. The van der Waals surface area contributed by atoms with Crippen LogP contribution in [-0.2, 0) is 14.5 Å². The maximum atomic E-state index is 11.8. The minimum Gasteiger partial charge on any atom is -0.272 e. The van der Waals surface area contributed by atoms with E-state index >= 15 is 0 Å². The highest BCUT2D eigenvalue weighted by atomic mass is 32.2. The molecule has 0 radical (unpaired) electrons. The van der Waals surface area contributed by atoms with Crippen molar-refractivity contribution in [1.82, 2.24) is 0 Å². The topological polar surface area (TPSA) is 46.5 Å². The molecule has 0 bridgehead atoms. The van der Waals surface area contributed by atoms with Crippen LogP contribution in [-0.4, -0.2) is 20.6 Å². The molecule has 0 aromatic heterocycles. The second-order valence-electron chi connectivity index (χ2n) is 3.69. The Bertz CT molecular complexity index is 292. The first kappa shape index (κ1) is 8.71. The van der Waals surface area contributed by atoms with Gasteiger partial charge >= 0.3 is 0 Å². The van der Waals surface area contributed by atoms with Crippen molar-refractivity contribution in [1.29, 1.82) is 0 Å². The van der Waals surface area contributed by atoms with E-state index in [2.05, 4.69) is 4.36 Å². The van der Waals surface area contributed by atoms with Crippen molar-refractivity contribution in [2.45, 2.75) is 31.9 Å². The molecular formula is C7H13NO2S. The molecule has 0 spiro atoms. The molecular weight excluding hydrogens is 162 g/mol. The van der Waals surface area contributed by atoms with Gasteiger partial charge in [0.2, 0.25) is 0 Å². The highest BCUT2D eigenvalue weighted by Gasteiger charge is 2.32. The summed E-state index contributed by atoms with van der Waals surface area (Å²) in [6, 6.07) is 0. The van der Waals surface area contributed by atoms with Gasteiger partial charge in [-0.25, -0.2) is 4.21 Å². The maximum absolute atomic E-state index is 11.8. The van der Waals surface area contributed by atoms with Crippen LogP contribution in [0.4, 0.5) is 0 Å². The number of carbonyl (C=O) groups is 1. The molecule has 11 heavy (non-hydrogen) atoms. The van der Waals surface area contributed by atoms with Crippen LogP contribution >= 0.6 is 0 Å². The number of rotatable bonds is 0. The van der Waals surface area contributed by atoms with Crippen LogP contribution < -0.4 is 0 Å². The van der Waals surface area contributed by atoms with Gasteiger partial charge < -0.3 is 0 Å². The summed E-state index contributed by atoms with van der Waals surface area (Å²) < 4.78 is 15.1. The molecule has 0 saturated heterocycles. The van der Waals surface area contributed by atoms with Gasteiger partial charge in [0.15, 0.2) is 0 Å². The quantitative estimate of drug-likeness (QED) is 0.555. The van der Waals surface area contributed by atoms with Crippen LogP contribution in [0, 0.1) is 0 Å². The van der Waals surface area contributed by atoms with Crippen molar-refractivity contribution in [3.8, 4) is 0 Å². The molecule has 4 heteroatoms. The highest BCUT2D eigenvalue weighted by Crippen LogP contribution is 2.24. The molecule has 64 valence electrons. The molecule has 0 aromatic carbocycles. The zero-order valence-electron chi connectivity index (χ0n) is 7.09. The van der Waals surface area contributed by atoms with Crippen LogP contribution in [0.15, 0.2) is 4.36 Å². The fraction of sp³-hybridized carbons (Fsp3) is 0.857. The van der Waals surface area contributed by atoms with E-state index in [0.717, 1.165) is 0 Å². The molecule has 3 nitrogen and oxygen atoms in total.